The summed E-state index contributed by atoms with van der Waals surface area (Å²) < 4.78 is 4.66. The van der Waals surface area contributed by atoms with E-state index < -0.39 is 0 Å². The van der Waals surface area contributed by atoms with Crippen LogP contribution in [0.5, 0.6) is 0 Å². The highest BCUT2D eigenvalue weighted by atomic mass is 15.0. The van der Waals surface area contributed by atoms with E-state index in [1.54, 1.807) is 0 Å². The van der Waals surface area contributed by atoms with Crippen LogP contribution >= 0.6 is 0 Å². The Balaban J connectivity index is 0.000000116. The molecule has 0 radical (unpaired) electrons. The highest BCUT2D eigenvalue weighted by Crippen LogP contribution is 2.49. The molecule has 11 rings (SSSR count). The van der Waals surface area contributed by atoms with Crippen molar-refractivity contribution in [1.29, 1.82) is 5.41 Å². The van der Waals surface area contributed by atoms with Crippen molar-refractivity contribution >= 4 is 56.2 Å². The van der Waals surface area contributed by atoms with Gasteiger partial charge in [-0.05, 0) is 95.6 Å². The zero-order chi connectivity index (χ0) is 41.4. The number of nitrogens with two attached hydrogens (primary N) is 1. The maximum Gasteiger partial charge on any atom is 0.123 e. The minimum absolute atomic E-state index is 0.0165. The molecule has 2 aromatic heterocycles. The standard InChI is InChI=1S/C20H16N2.C19H15N.C16H16N2/c1-21-14-15-8-7-13-19-20(15)17-11-5-6-12-18(17)22(19)16-9-3-2-4-10-16;1-14-8-7-13-18-19(14)16-11-5-6-12-17(16)20(18)15-9-3-2-4-10-15;1-16(2)12-8-4-3-6-10(12)14-11(15(17)18)7-5-9-13(14)16/h2-13H,1,14H2;2-13H,1H3;3-9H,1-2H3,(H3,17,18). The normalized spacial score (nSPS) is 12.3. The number of nitrogen functional groups attached to an aromatic ring is 1. The Hall–Kier alpha value is -7.50. The molecular weight excluding hydrogens is 731 g/mol. The van der Waals surface area contributed by atoms with E-state index in [1.165, 1.54) is 82.8 Å². The van der Waals surface area contributed by atoms with Crippen molar-refractivity contribution in [1.82, 2.24) is 9.13 Å². The number of nitrogens with one attached hydrogen (secondary N) is 1. The number of aliphatic imine (C=N–C) groups is 1. The van der Waals surface area contributed by atoms with Gasteiger partial charge in [-0.3, -0.25) is 10.4 Å². The second-order valence-corrected chi connectivity index (χ2v) is 15.9. The Bertz CT molecular complexity index is 3200. The average Bonchev–Trinajstić information content (AvgIpc) is 3.89. The van der Waals surface area contributed by atoms with Gasteiger partial charge in [0.25, 0.3) is 0 Å². The average molecular weight is 778 g/mol. The van der Waals surface area contributed by atoms with Gasteiger partial charge in [0.1, 0.15) is 5.84 Å². The topological polar surface area (TPSA) is 72.1 Å². The summed E-state index contributed by atoms with van der Waals surface area (Å²) in [5.74, 6) is 0.138. The Kier molecular flexibility index (Phi) is 9.95. The molecule has 0 atom stereocenters. The van der Waals surface area contributed by atoms with Gasteiger partial charge in [0.2, 0.25) is 0 Å². The Morgan fingerprint density at radius 3 is 1.65 bits per heavy atom. The van der Waals surface area contributed by atoms with Crippen LogP contribution in [0.15, 0.2) is 193 Å². The lowest BCUT2D eigenvalue weighted by atomic mass is 9.82. The third-order valence-corrected chi connectivity index (χ3v) is 11.9. The van der Waals surface area contributed by atoms with Crippen molar-refractivity contribution in [2.24, 2.45) is 10.7 Å². The van der Waals surface area contributed by atoms with Crippen LogP contribution in [-0.2, 0) is 12.0 Å². The molecule has 5 nitrogen and oxygen atoms in total. The summed E-state index contributed by atoms with van der Waals surface area (Å²) in [6.45, 7) is 10.9. The number of aromatic nitrogens is 2. The molecule has 0 saturated carbocycles. The fourth-order valence-corrected chi connectivity index (χ4v) is 9.23. The fourth-order valence-electron chi connectivity index (χ4n) is 9.23. The number of hydrogen-bond donors (Lipinski definition) is 2. The molecule has 0 aliphatic heterocycles. The fraction of sp³-hybridized carbons (Fsp3) is 0.0909. The smallest absolute Gasteiger partial charge is 0.123 e. The van der Waals surface area contributed by atoms with Gasteiger partial charge in [-0.15, -0.1) is 0 Å². The van der Waals surface area contributed by atoms with Gasteiger partial charge in [-0.1, -0.05) is 153 Å². The maximum atomic E-state index is 7.75. The molecule has 8 aromatic carbocycles. The van der Waals surface area contributed by atoms with Crippen molar-refractivity contribution in [3.8, 4) is 22.5 Å². The first-order valence-electron chi connectivity index (χ1n) is 20.4. The molecule has 0 spiro atoms. The zero-order valence-corrected chi connectivity index (χ0v) is 34.2. The van der Waals surface area contributed by atoms with E-state index in [4.69, 9.17) is 11.1 Å². The van der Waals surface area contributed by atoms with Gasteiger partial charge in [0.15, 0.2) is 0 Å². The number of benzene rings is 8. The number of amidine groups is 1. The Morgan fingerprint density at radius 2 is 1.03 bits per heavy atom. The molecule has 1 aliphatic carbocycles. The maximum absolute atomic E-state index is 7.75. The molecule has 292 valence electrons. The number of aryl methyl sites for hydroxylation is 1. The summed E-state index contributed by atoms with van der Waals surface area (Å²) in [5, 5.41) is 13.0. The number of rotatable bonds is 5. The van der Waals surface area contributed by atoms with E-state index in [0.29, 0.717) is 6.54 Å². The van der Waals surface area contributed by atoms with Gasteiger partial charge in [0.05, 0.1) is 28.6 Å². The largest absolute Gasteiger partial charge is 0.384 e. The van der Waals surface area contributed by atoms with E-state index in [0.717, 1.165) is 11.1 Å². The summed E-state index contributed by atoms with van der Waals surface area (Å²) in [4.78, 5) is 4.09. The number of nitrogens with zero attached hydrogens (tertiary/aromatic N) is 3. The first kappa shape index (κ1) is 38.0. The SMILES string of the molecule is C=NCc1cccc2c1c1ccccc1n2-c1ccccc1.CC1(C)c2ccccc2-c2c(C(=N)N)cccc21.Cc1cccc2c1c1ccccc1n2-c1ccccc1. The highest BCUT2D eigenvalue weighted by molar-refractivity contribution is 6.12. The Morgan fingerprint density at radius 1 is 0.550 bits per heavy atom. The van der Waals surface area contributed by atoms with E-state index in [9.17, 15) is 0 Å². The molecule has 2 heterocycles. The third kappa shape index (κ3) is 6.45. The molecule has 5 heteroatoms. The van der Waals surface area contributed by atoms with Crippen molar-refractivity contribution in [2.75, 3.05) is 0 Å². The third-order valence-electron chi connectivity index (χ3n) is 11.9. The van der Waals surface area contributed by atoms with Crippen LogP contribution in [0.2, 0.25) is 0 Å². The number of para-hydroxylation sites is 4. The molecule has 0 amide bonds. The molecule has 1 aliphatic rings. The van der Waals surface area contributed by atoms with E-state index in [-0.39, 0.29) is 11.3 Å². The summed E-state index contributed by atoms with van der Waals surface area (Å²) in [7, 11) is 0. The summed E-state index contributed by atoms with van der Waals surface area (Å²) in [6.07, 6.45) is 0. The predicted molar refractivity (Wildman–Crippen MR) is 255 cm³/mol. The van der Waals surface area contributed by atoms with E-state index >= 15 is 0 Å². The van der Waals surface area contributed by atoms with Crippen molar-refractivity contribution in [3.63, 3.8) is 0 Å². The number of fused-ring (bicyclic) bond motifs is 9. The van der Waals surface area contributed by atoms with Gasteiger partial charge in [-0.2, -0.15) is 0 Å². The lowest BCUT2D eigenvalue weighted by Gasteiger charge is -2.21. The lowest BCUT2D eigenvalue weighted by molar-refractivity contribution is 0.660. The summed E-state index contributed by atoms with van der Waals surface area (Å²) >= 11 is 0. The molecule has 3 N–H and O–H groups in total. The molecule has 0 unspecified atom stereocenters. The molecule has 60 heavy (non-hydrogen) atoms. The Labute approximate surface area is 351 Å². The van der Waals surface area contributed by atoms with Gasteiger partial charge < -0.3 is 14.9 Å². The van der Waals surface area contributed by atoms with Crippen LogP contribution < -0.4 is 5.73 Å². The minimum Gasteiger partial charge on any atom is -0.384 e. The van der Waals surface area contributed by atoms with Gasteiger partial charge in [0, 0.05) is 43.9 Å². The second kappa shape index (κ2) is 15.7. The minimum atomic E-state index is -0.0165. The van der Waals surface area contributed by atoms with Crippen LogP contribution in [-0.4, -0.2) is 21.7 Å². The zero-order valence-electron chi connectivity index (χ0n) is 34.2. The number of hydrogen-bond acceptors (Lipinski definition) is 2. The van der Waals surface area contributed by atoms with Crippen molar-refractivity contribution in [2.45, 2.75) is 32.7 Å². The molecule has 10 aromatic rings. The summed E-state index contributed by atoms with van der Waals surface area (Å²) in [5.41, 5.74) is 21.4. The van der Waals surface area contributed by atoms with E-state index in [1.807, 2.05) is 24.3 Å². The van der Waals surface area contributed by atoms with Crippen molar-refractivity contribution in [3.05, 3.63) is 216 Å². The highest BCUT2D eigenvalue weighted by Gasteiger charge is 2.36. The first-order chi connectivity index (χ1) is 29.3. The summed E-state index contributed by atoms with van der Waals surface area (Å²) in [6, 6.07) is 65.6. The van der Waals surface area contributed by atoms with Gasteiger partial charge in [-0.25, -0.2) is 0 Å². The van der Waals surface area contributed by atoms with Crippen LogP contribution in [0.3, 0.4) is 0 Å². The second-order valence-electron chi connectivity index (χ2n) is 15.9. The molecule has 0 fully saturated rings. The molecular formula is C55H47N5. The van der Waals surface area contributed by atoms with E-state index in [2.05, 4.69) is 205 Å². The quantitative estimate of drug-likeness (QED) is 0.133. The first-order valence-corrected chi connectivity index (χ1v) is 20.4. The monoisotopic (exact) mass is 777 g/mol. The van der Waals surface area contributed by atoms with Crippen LogP contribution in [0.1, 0.15) is 41.7 Å². The van der Waals surface area contributed by atoms with Crippen LogP contribution in [0.4, 0.5) is 0 Å². The van der Waals surface area contributed by atoms with Crippen molar-refractivity contribution < 1.29 is 0 Å². The van der Waals surface area contributed by atoms with Gasteiger partial charge >= 0.3 is 0 Å². The van der Waals surface area contributed by atoms with Crippen LogP contribution in [0.25, 0.3) is 66.1 Å². The molecule has 0 bridgehead atoms. The van der Waals surface area contributed by atoms with Crippen LogP contribution in [0, 0.1) is 12.3 Å². The predicted octanol–water partition coefficient (Wildman–Crippen LogP) is 13.4. The molecule has 0 saturated heterocycles. The lowest BCUT2D eigenvalue weighted by Crippen LogP contribution is -2.16.